The highest BCUT2D eigenvalue weighted by Gasteiger charge is 2.47. The summed E-state index contributed by atoms with van der Waals surface area (Å²) >= 11 is 0. The fraction of sp³-hybridized carbons (Fsp3) is 0.286. The third-order valence-corrected chi connectivity index (χ3v) is 7.05. The molecule has 172 valence electrons. The predicted molar refractivity (Wildman–Crippen MR) is 128 cm³/mol. The van der Waals surface area contributed by atoms with Crippen LogP contribution in [0.2, 0.25) is 0 Å². The number of aliphatic hydroxyl groups excluding tert-OH is 1. The molecule has 1 N–H and O–H groups in total. The van der Waals surface area contributed by atoms with E-state index in [0.29, 0.717) is 25.3 Å². The Balaban J connectivity index is 1.53. The minimum absolute atomic E-state index is 0.118. The molecule has 0 radical (unpaired) electrons. The molecule has 0 bridgehead atoms. The van der Waals surface area contributed by atoms with Gasteiger partial charge in [-0.2, -0.15) is 0 Å². The number of carbonyl (C=O) groups excluding carboxylic acids is 2. The van der Waals surface area contributed by atoms with E-state index in [0.717, 1.165) is 46.9 Å². The van der Waals surface area contributed by atoms with E-state index in [4.69, 9.17) is 9.47 Å². The van der Waals surface area contributed by atoms with Gasteiger partial charge in [-0.25, -0.2) is 0 Å². The van der Waals surface area contributed by atoms with E-state index in [1.807, 2.05) is 54.6 Å². The number of carbonyl (C=O) groups is 2. The number of likely N-dealkylation sites (tertiary alicyclic amines) is 1. The monoisotopic (exact) mass is 455 g/mol. The van der Waals surface area contributed by atoms with E-state index < -0.39 is 17.7 Å². The highest BCUT2D eigenvalue weighted by Crippen LogP contribution is 2.43. The summed E-state index contributed by atoms with van der Waals surface area (Å²) in [5.74, 6) is -0.619. The van der Waals surface area contributed by atoms with Crippen molar-refractivity contribution < 1.29 is 24.2 Å². The molecule has 1 amide bonds. The summed E-state index contributed by atoms with van der Waals surface area (Å²) in [6.45, 7) is 1.57. The van der Waals surface area contributed by atoms with Crippen LogP contribution in [0.15, 0.2) is 66.2 Å². The number of hydrogen-bond acceptors (Lipinski definition) is 5. The summed E-state index contributed by atoms with van der Waals surface area (Å²) in [5, 5.41) is 13.4. The van der Waals surface area contributed by atoms with Crippen LogP contribution in [0, 0.1) is 0 Å². The number of Topliss-reactive ketones (excluding diaryl/α,β-unsaturated/α-hetero) is 1. The molecule has 3 heterocycles. The van der Waals surface area contributed by atoms with E-state index in [-0.39, 0.29) is 17.4 Å². The maximum absolute atomic E-state index is 13.4. The summed E-state index contributed by atoms with van der Waals surface area (Å²) in [7, 11) is 0. The standard InChI is InChI=1S/C28H25NO5/c30-26(19-10-11-23-18(15-19)12-14-34-23)24-25(22-9-3-6-17-5-1-2-8-21(17)22)29(28(32)27(24)31)16-20-7-4-13-33-20/h1-3,5-6,8-11,15,20,25,30H,4,7,12-14,16H2/b26-24-. The molecule has 0 spiro atoms. The summed E-state index contributed by atoms with van der Waals surface area (Å²) in [6.07, 6.45) is 2.41. The zero-order valence-corrected chi connectivity index (χ0v) is 18.7. The summed E-state index contributed by atoms with van der Waals surface area (Å²) in [6, 6.07) is 18.5. The Morgan fingerprint density at radius 3 is 2.74 bits per heavy atom. The molecule has 6 rings (SSSR count). The maximum Gasteiger partial charge on any atom is 0.295 e. The second kappa shape index (κ2) is 8.29. The lowest BCUT2D eigenvalue weighted by Crippen LogP contribution is -2.36. The van der Waals surface area contributed by atoms with Gasteiger partial charge in [-0.15, -0.1) is 0 Å². The molecule has 2 fully saturated rings. The Morgan fingerprint density at radius 1 is 1.03 bits per heavy atom. The number of benzene rings is 3. The Bertz CT molecular complexity index is 1330. The van der Waals surface area contributed by atoms with Gasteiger partial charge in [0.05, 0.1) is 24.3 Å². The molecular weight excluding hydrogens is 430 g/mol. The fourth-order valence-electron chi connectivity index (χ4n) is 5.38. The molecule has 3 aliphatic heterocycles. The van der Waals surface area contributed by atoms with Gasteiger partial charge in [0.25, 0.3) is 11.7 Å². The van der Waals surface area contributed by atoms with Gasteiger partial charge in [-0.3, -0.25) is 9.59 Å². The van der Waals surface area contributed by atoms with Crippen LogP contribution >= 0.6 is 0 Å². The third kappa shape index (κ3) is 3.37. The van der Waals surface area contributed by atoms with Crippen molar-refractivity contribution in [2.75, 3.05) is 19.8 Å². The second-order valence-electron chi connectivity index (χ2n) is 9.08. The number of nitrogens with zero attached hydrogens (tertiary/aromatic N) is 1. The molecule has 34 heavy (non-hydrogen) atoms. The number of aliphatic hydroxyl groups is 1. The smallest absolute Gasteiger partial charge is 0.295 e. The van der Waals surface area contributed by atoms with E-state index >= 15 is 0 Å². The number of ether oxygens (including phenoxy) is 2. The van der Waals surface area contributed by atoms with Crippen LogP contribution in [0.5, 0.6) is 5.75 Å². The molecule has 0 aromatic heterocycles. The molecule has 2 saturated heterocycles. The lowest BCUT2D eigenvalue weighted by Gasteiger charge is -2.28. The van der Waals surface area contributed by atoms with Crippen molar-refractivity contribution in [3.05, 3.63) is 82.9 Å². The summed E-state index contributed by atoms with van der Waals surface area (Å²) in [4.78, 5) is 28.3. The first-order valence-electron chi connectivity index (χ1n) is 11.8. The van der Waals surface area contributed by atoms with Crippen molar-refractivity contribution in [1.29, 1.82) is 0 Å². The zero-order chi connectivity index (χ0) is 23.2. The SMILES string of the molecule is O=C1C(=O)N(CC2CCCO2)C(c2cccc3ccccc23)/C1=C(/O)c1ccc2c(c1)CCO2. The van der Waals surface area contributed by atoms with Crippen molar-refractivity contribution in [2.24, 2.45) is 0 Å². The number of ketones is 1. The summed E-state index contributed by atoms with van der Waals surface area (Å²) < 4.78 is 11.4. The van der Waals surface area contributed by atoms with Crippen LogP contribution in [0.25, 0.3) is 16.5 Å². The number of amides is 1. The number of hydrogen-bond donors (Lipinski definition) is 1. The Hall–Kier alpha value is -3.64. The maximum atomic E-state index is 13.4. The lowest BCUT2D eigenvalue weighted by molar-refractivity contribution is -0.140. The quantitative estimate of drug-likeness (QED) is 0.359. The van der Waals surface area contributed by atoms with Crippen LogP contribution in [-0.2, 0) is 20.7 Å². The lowest BCUT2D eigenvalue weighted by atomic mass is 9.91. The van der Waals surface area contributed by atoms with E-state index in [1.54, 1.807) is 11.0 Å². The van der Waals surface area contributed by atoms with Gasteiger partial charge in [-0.05, 0) is 52.9 Å². The highest BCUT2D eigenvalue weighted by atomic mass is 16.5. The molecule has 0 aliphatic carbocycles. The average Bonchev–Trinajstić information content (AvgIpc) is 3.60. The van der Waals surface area contributed by atoms with Crippen molar-refractivity contribution in [3.63, 3.8) is 0 Å². The van der Waals surface area contributed by atoms with Crippen LogP contribution in [0.4, 0.5) is 0 Å². The van der Waals surface area contributed by atoms with Gasteiger partial charge >= 0.3 is 0 Å². The van der Waals surface area contributed by atoms with Crippen molar-refractivity contribution in [2.45, 2.75) is 31.4 Å². The van der Waals surface area contributed by atoms with Crippen molar-refractivity contribution in [3.8, 4) is 5.75 Å². The van der Waals surface area contributed by atoms with Gasteiger partial charge in [-0.1, -0.05) is 42.5 Å². The molecule has 0 saturated carbocycles. The molecule has 3 aliphatic rings. The first-order chi connectivity index (χ1) is 16.6. The molecule has 6 nitrogen and oxygen atoms in total. The average molecular weight is 456 g/mol. The Morgan fingerprint density at radius 2 is 1.88 bits per heavy atom. The van der Waals surface area contributed by atoms with Gasteiger partial charge in [0, 0.05) is 25.1 Å². The largest absolute Gasteiger partial charge is 0.507 e. The van der Waals surface area contributed by atoms with Crippen LogP contribution < -0.4 is 4.74 Å². The minimum atomic E-state index is -0.695. The molecule has 6 heteroatoms. The molecule has 3 aromatic carbocycles. The zero-order valence-electron chi connectivity index (χ0n) is 18.7. The van der Waals surface area contributed by atoms with Gasteiger partial charge in [0.1, 0.15) is 11.5 Å². The second-order valence-corrected chi connectivity index (χ2v) is 9.08. The van der Waals surface area contributed by atoms with Crippen LogP contribution in [0.1, 0.15) is 35.6 Å². The Kier molecular flexibility index (Phi) is 5.11. The minimum Gasteiger partial charge on any atom is -0.507 e. The van der Waals surface area contributed by atoms with Gasteiger partial charge in [0.15, 0.2) is 0 Å². The van der Waals surface area contributed by atoms with Crippen molar-refractivity contribution in [1.82, 2.24) is 4.90 Å². The first-order valence-corrected chi connectivity index (χ1v) is 11.8. The third-order valence-electron chi connectivity index (χ3n) is 7.05. The number of rotatable bonds is 4. The Labute approximate surface area is 197 Å². The molecule has 2 unspecified atom stereocenters. The van der Waals surface area contributed by atoms with Gasteiger partial charge in [0.2, 0.25) is 0 Å². The normalized spacial score (nSPS) is 23.5. The predicted octanol–water partition coefficient (Wildman–Crippen LogP) is 4.38. The van der Waals surface area contributed by atoms with Gasteiger partial charge < -0.3 is 19.5 Å². The first kappa shape index (κ1) is 20.9. The topological polar surface area (TPSA) is 76.1 Å². The van der Waals surface area contributed by atoms with Crippen molar-refractivity contribution >= 4 is 28.2 Å². The van der Waals surface area contributed by atoms with Crippen LogP contribution in [0.3, 0.4) is 0 Å². The highest BCUT2D eigenvalue weighted by molar-refractivity contribution is 6.46. The number of fused-ring (bicyclic) bond motifs is 2. The van der Waals surface area contributed by atoms with E-state index in [2.05, 4.69) is 0 Å². The van der Waals surface area contributed by atoms with Crippen LogP contribution in [-0.4, -0.2) is 47.6 Å². The molecule has 3 aromatic rings. The fourth-order valence-corrected chi connectivity index (χ4v) is 5.38. The van der Waals surface area contributed by atoms with E-state index in [9.17, 15) is 14.7 Å². The van der Waals surface area contributed by atoms with E-state index in [1.165, 1.54) is 0 Å². The molecular formula is C28H25NO5. The summed E-state index contributed by atoms with van der Waals surface area (Å²) in [5.41, 5.74) is 2.45. The molecule has 2 atom stereocenters.